The van der Waals surface area contributed by atoms with Crippen LogP contribution in [-0.2, 0) is 4.74 Å². The van der Waals surface area contributed by atoms with Crippen LogP contribution in [0, 0.1) is 5.92 Å². The summed E-state index contributed by atoms with van der Waals surface area (Å²) in [5.41, 5.74) is -0.427. The number of nitrogens with one attached hydrogen (secondary N) is 1. The molecule has 1 heterocycles. The van der Waals surface area contributed by atoms with Crippen LogP contribution in [0.25, 0.3) is 0 Å². The van der Waals surface area contributed by atoms with Crippen LogP contribution in [0.2, 0.25) is 0 Å². The Morgan fingerprint density at radius 2 is 2.05 bits per heavy atom. The minimum absolute atomic E-state index is 0.115. The van der Waals surface area contributed by atoms with Crippen LogP contribution >= 0.6 is 0 Å². The highest BCUT2D eigenvalue weighted by atomic mass is 16.5. The maximum absolute atomic E-state index is 10.8. The molecule has 2 atom stereocenters. The Morgan fingerprint density at radius 1 is 1.32 bits per heavy atom. The van der Waals surface area contributed by atoms with Crippen LogP contribution in [-0.4, -0.2) is 36.0 Å². The third-order valence-corrected chi connectivity index (χ3v) is 5.12. The van der Waals surface area contributed by atoms with Gasteiger partial charge >= 0.3 is 0 Å². The largest absolute Gasteiger partial charge is 0.390 e. The third kappa shape index (κ3) is 3.93. The van der Waals surface area contributed by atoms with E-state index in [9.17, 15) is 5.11 Å². The normalized spacial score (nSPS) is 29.5. The molecule has 0 aromatic heterocycles. The van der Waals surface area contributed by atoms with Crippen molar-refractivity contribution in [2.24, 2.45) is 5.92 Å². The summed E-state index contributed by atoms with van der Waals surface area (Å²) < 4.78 is 6.07. The second kappa shape index (κ2) is 6.55. The molecule has 2 unspecified atom stereocenters. The molecule has 2 rings (SSSR count). The minimum atomic E-state index is -0.542. The first-order valence-corrected chi connectivity index (χ1v) is 8.15. The van der Waals surface area contributed by atoms with Crippen LogP contribution in [0.1, 0.15) is 65.2 Å². The third-order valence-electron chi connectivity index (χ3n) is 5.12. The molecule has 19 heavy (non-hydrogen) atoms. The Labute approximate surface area is 118 Å². The van der Waals surface area contributed by atoms with Crippen molar-refractivity contribution in [1.82, 2.24) is 5.32 Å². The van der Waals surface area contributed by atoms with E-state index in [-0.39, 0.29) is 5.60 Å². The molecule has 3 nitrogen and oxygen atoms in total. The Bertz CT molecular complexity index is 272. The van der Waals surface area contributed by atoms with Crippen molar-refractivity contribution in [3.63, 3.8) is 0 Å². The summed E-state index contributed by atoms with van der Waals surface area (Å²) in [5, 5.41) is 14.2. The maximum Gasteiger partial charge on any atom is 0.0686 e. The van der Waals surface area contributed by atoms with Gasteiger partial charge in [0.2, 0.25) is 0 Å². The van der Waals surface area contributed by atoms with Gasteiger partial charge in [0.25, 0.3) is 0 Å². The van der Waals surface area contributed by atoms with Crippen LogP contribution in [0.3, 0.4) is 0 Å². The van der Waals surface area contributed by atoms with Gasteiger partial charge in [0, 0.05) is 6.61 Å². The fourth-order valence-corrected chi connectivity index (χ4v) is 3.77. The van der Waals surface area contributed by atoms with E-state index in [4.69, 9.17) is 4.74 Å². The molecule has 1 saturated carbocycles. The Kier molecular flexibility index (Phi) is 5.27. The van der Waals surface area contributed by atoms with Gasteiger partial charge in [-0.1, -0.05) is 19.8 Å². The summed E-state index contributed by atoms with van der Waals surface area (Å²) in [6, 6.07) is 0. The molecule has 112 valence electrons. The van der Waals surface area contributed by atoms with Crippen molar-refractivity contribution >= 4 is 0 Å². The average molecular weight is 269 g/mol. The summed E-state index contributed by atoms with van der Waals surface area (Å²) in [6.07, 6.45) is 9.09. The molecule has 3 heteroatoms. The van der Waals surface area contributed by atoms with Crippen molar-refractivity contribution in [1.29, 1.82) is 0 Å². The van der Waals surface area contributed by atoms with Gasteiger partial charge in [-0.2, -0.15) is 0 Å². The highest BCUT2D eigenvalue weighted by molar-refractivity contribution is 4.96. The smallest absolute Gasteiger partial charge is 0.0686 e. The molecule has 0 amide bonds. The highest BCUT2D eigenvalue weighted by Gasteiger charge is 2.44. The lowest BCUT2D eigenvalue weighted by molar-refractivity contribution is -0.137. The molecular formula is C16H31NO2. The van der Waals surface area contributed by atoms with Crippen LogP contribution in [0.15, 0.2) is 0 Å². The first kappa shape index (κ1) is 15.3. The Morgan fingerprint density at radius 3 is 2.74 bits per heavy atom. The number of hydrogen-bond donors (Lipinski definition) is 2. The first-order chi connectivity index (χ1) is 9.08. The molecule has 0 aromatic carbocycles. The molecule has 0 bridgehead atoms. The van der Waals surface area contributed by atoms with Gasteiger partial charge in [-0.25, -0.2) is 0 Å². The molecule has 2 N–H and O–H groups in total. The summed E-state index contributed by atoms with van der Waals surface area (Å²) >= 11 is 0. The SMILES string of the molecule is CCCNCCC(C)(O)C1CCOC2(CCCC2)C1. The highest BCUT2D eigenvalue weighted by Crippen LogP contribution is 2.45. The lowest BCUT2D eigenvalue weighted by atomic mass is 9.74. The van der Waals surface area contributed by atoms with E-state index in [1.807, 2.05) is 6.92 Å². The lowest BCUT2D eigenvalue weighted by Gasteiger charge is -2.44. The lowest BCUT2D eigenvalue weighted by Crippen LogP contribution is -2.47. The molecule has 1 aliphatic heterocycles. The quantitative estimate of drug-likeness (QED) is 0.729. The van der Waals surface area contributed by atoms with Gasteiger partial charge in [0.05, 0.1) is 11.2 Å². The zero-order chi connectivity index (χ0) is 13.8. The van der Waals surface area contributed by atoms with Crippen molar-refractivity contribution in [3.05, 3.63) is 0 Å². The van der Waals surface area contributed by atoms with Gasteiger partial charge in [-0.3, -0.25) is 0 Å². The second-order valence-electron chi connectivity index (χ2n) is 6.79. The molecule has 1 spiro atoms. The average Bonchev–Trinajstić information content (AvgIpc) is 2.83. The first-order valence-electron chi connectivity index (χ1n) is 8.15. The van der Waals surface area contributed by atoms with Crippen molar-refractivity contribution in [2.45, 2.75) is 76.4 Å². The van der Waals surface area contributed by atoms with Crippen LogP contribution < -0.4 is 5.32 Å². The molecule has 0 radical (unpaired) electrons. The number of hydrogen-bond acceptors (Lipinski definition) is 3. The topological polar surface area (TPSA) is 41.5 Å². The summed E-state index contributed by atoms with van der Waals surface area (Å²) in [5.74, 6) is 0.405. The van der Waals surface area contributed by atoms with Gasteiger partial charge in [-0.05, 0) is 64.5 Å². The van der Waals surface area contributed by atoms with Crippen molar-refractivity contribution < 1.29 is 9.84 Å². The fourth-order valence-electron chi connectivity index (χ4n) is 3.77. The van der Waals surface area contributed by atoms with Crippen LogP contribution in [0.4, 0.5) is 0 Å². The predicted octanol–water partition coefficient (Wildman–Crippen LogP) is 2.87. The summed E-state index contributed by atoms with van der Waals surface area (Å²) in [4.78, 5) is 0. The second-order valence-corrected chi connectivity index (χ2v) is 6.79. The minimum Gasteiger partial charge on any atom is -0.390 e. The van der Waals surface area contributed by atoms with Gasteiger partial charge in [0.15, 0.2) is 0 Å². The van der Waals surface area contributed by atoms with E-state index in [2.05, 4.69) is 12.2 Å². The van der Waals surface area contributed by atoms with Crippen LogP contribution in [0.5, 0.6) is 0 Å². The molecule has 2 fully saturated rings. The molecule has 1 aliphatic carbocycles. The Hall–Kier alpha value is -0.120. The van der Waals surface area contributed by atoms with E-state index in [1.54, 1.807) is 0 Å². The van der Waals surface area contributed by atoms with E-state index >= 15 is 0 Å². The number of aliphatic hydroxyl groups is 1. The predicted molar refractivity (Wildman–Crippen MR) is 78.3 cm³/mol. The van der Waals surface area contributed by atoms with Gasteiger partial charge < -0.3 is 15.2 Å². The molecular weight excluding hydrogens is 238 g/mol. The summed E-state index contributed by atoms with van der Waals surface area (Å²) in [7, 11) is 0. The zero-order valence-electron chi connectivity index (χ0n) is 12.7. The van der Waals surface area contributed by atoms with E-state index in [0.717, 1.165) is 45.4 Å². The van der Waals surface area contributed by atoms with Gasteiger partial charge in [0.1, 0.15) is 0 Å². The van der Waals surface area contributed by atoms with Crippen molar-refractivity contribution in [3.8, 4) is 0 Å². The van der Waals surface area contributed by atoms with E-state index < -0.39 is 5.60 Å². The number of ether oxygens (including phenoxy) is 1. The molecule has 0 aromatic rings. The molecule has 1 saturated heterocycles. The molecule has 2 aliphatic rings. The number of rotatable bonds is 6. The monoisotopic (exact) mass is 269 g/mol. The van der Waals surface area contributed by atoms with Crippen molar-refractivity contribution in [2.75, 3.05) is 19.7 Å². The zero-order valence-corrected chi connectivity index (χ0v) is 12.7. The van der Waals surface area contributed by atoms with E-state index in [1.165, 1.54) is 25.7 Å². The van der Waals surface area contributed by atoms with E-state index in [0.29, 0.717) is 5.92 Å². The standard InChI is InChI=1S/C16H31NO2/c1-3-10-17-11-9-15(2,18)14-6-12-19-16(13-14)7-4-5-8-16/h14,17-18H,3-13H2,1-2H3. The summed E-state index contributed by atoms with van der Waals surface area (Å²) in [6.45, 7) is 7.01. The Balaban J connectivity index is 1.84. The fraction of sp³-hybridized carbons (Fsp3) is 1.00. The van der Waals surface area contributed by atoms with Gasteiger partial charge in [-0.15, -0.1) is 0 Å². The maximum atomic E-state index is 10.8.